The van der Waals surface area contributed by atoms with Gasteiger partial charge in [-0.1, -0.05) is 101 Å². The zero-order valence-electron chi connectivity index (χ0n) is 24.8. The van der Waals surface area contributed by atoms with Gasteiger partial charge in [0, 0.05) is 5.41 Å². The van der Waals surface area contributed by atoms with Gasteiger partial charge in [-0.05, 0) is 33.3 Å². The minimum atomic E-state index is -2.78. The molecular weight excluding hydrogens is 536 g/mol. The van der Waals surface area contributed by atoms with Gasteiger partial charge in [-0.2, -0.15) is 0 Å². The number of fused-ring (bicyclic) bond motifs is 4. The van der Waals surface area contributed by atoms with Crippen LogP contribution < -0.4 is 10.4 Å². The molecule has 41 heavy (non-hydrogen) atoms. The summed E-state index contributed by atoms with van der Waals surface area (Å²) < 4.78 is 31.9. The summed E-state index contributed by atoms with van der Waals surface area (Å²) in [4.78, 5) is 0. The number of hydrogen-bond acceptors (Lipinski definition) is 7. The maximum Gasteiger partial charge on any atom is 0.289 e. The molecule has 0 unspecified atom stereocenters. The monoisotopic (exact) mass is 580 g/mol. The van der Waals surface area contributed by atoms with E-state index in [4.69, 9.17) is 23.4 Å². The summed E-state index contributed by atoms with van der Waals surface area (Å²) in [6.45, 7) is 12.8. The lowest BCUT2D eigenvalue weighted by molar-refractivity contribution is -0.497. The number of benzene rings is 2. The maximum absolute atomic E-state index is 12.5. The van der Waals surface area contributed by atoms with E-state index in [2.05, 4.69) is 76.2 Å². The molecular formula is C33H44O7Si. The Morgan fingerprint density at radius 2 is 1.49 bits per heavy atom. The molecule has 5 aliphatic rings. The third-order valence-electron chi connectivity index (χ3n) is 9.74. The van der Waals surface area contributed by atoms with Gasteiger partial charge in [-0.15, -0.1) is 0 Å². The molecule has 5 fully saturated rings. The quantitative estimate of drug-likeness (QED) is 0.400. The van der Waals surface area contributed by atoms with Gasteiger partial charge < -0.3 is 33.6 Å². The second-order valence-electron chi connectivity index (χ2n) is 13.8. The smallest absolute Gasteiger partial charge is 0.289 e. The Labute approximate surface area is 244 Å². The van der Waals surface area contributed by atoms with Gasteiger partial charge in [0.15, 0.2) is 0 Å². The number of rotatable bonds is 6. The Morgan fingerprint density at radius 3 is 2.00 bits per heavy atom. The predicted molar refractivity (Wildman–Crippen MR) is 158 cm³/mol. The summed E-state index contributed by atoms with van der Waals surface area (Å²) >= 11 is 0. The van der Waals surface area contributed by atoms with Crippen molar-refractivity contribution in [2.45, 2.75) is 69.9 Å². The molecule has 2 bridgehead atoms. The summed E-state index contributed by atoms with van der Waals surface area (Å²) in [5.74, 6) is -2.06. The first-order chi connectivity index (χ1) is 19.5. The summed E-state index contributed by atoms with van der Waals surface area (Å²) in [6, 6.07) is 21.0. The SMILES string of the molecule is C[C@H]1C[C@@H](C23OCC(C)(CO2)CO3)[C@]2(O)/C(=C/CO[Si](c3ccccc3)(c3ccccc3)C(C)(C)C)CO[C@@H]2[C@H]1O. The van der Waals surface area contributed by atoms with E-state index in [0.29, 0.717) is 31.8 Å². The van der Waals surface area contributed by atoms with Gasteiger partial charge in [-0.3, -0.25) is 0 Å². The molecule has 7 rings (SSSR count). The van der Waals surface area contributed by atoms with E-state index < -0.39 is 38.0 Å². The van der Waals surface area contributed by atoms with Crippen LogP contribution in [0.2, 0.25) is 5.04 Å². The lowest BCUT2D eigenvalue weighted by Gasteiger charge is -2.58. The second kappa shape index (κ2) is 10.4. The fraction of sp³-hybridized carbons (Fsp3) is 0.576. The van der Waals surface area contributed by atoms with Crippen LogP contribution in [-0.2, 0) is 23.4 Å². The second-order valence-corrected chi connectivity index (χ2v) is 18.1. The predicted octanol–water partition coefficient (Wildman–Crippen LogP) is 3.37. The highest BCUT2D eigenvalue weighted by atomic mass is 28.4. The molecule has 2 aromatic carbocycles. The van der Waals surface area contributed by atoms with Crippen molar-refractivity contribution in [2.75, 3.05) is 33.0 Å². The van der Waals surface area contributed by atoms with Gasteiger partial charge in [0.05, 0.1) is 45.1 Å². The largest absolute Gasteiger partial charge is 0.404 e. The number of ether oxygens (including phenoxy) is 4. The molecule has 4 saturated heterocycles. The first kappa shape index (κ1) is 29.2. The molecule has 1 saturated carbocycles. The molecule has 2 aromatic rings. The molecule has 1 aliphatic carbocycles. The van der Waals surface area contributed by atoms with Crippen LogP contribution in [0.1, 0.15) is 41.0 Å². The fourth-order valence-electron chi connectivity index (χ4n) is 7.42. The standard InChI is InChI=1S/C33H44O7Si/c1-23-18-27(33-37-20-31(5,21-38-33)22-39-33)32(35)24(19-36-29(32)28(23)34)16-17-40-41(30(2,3)4,25-12-8-6-9-13-25)26-14-10-7-11-15-26/h6-16,23,27-29,34-35H,17-22H2,1-5H3/b24-16+/t23-,27+,28-,29+,31?,32+,33?/m0/s1. The molecule has 0 amide bonds. The highest BCUT2D eigenvalue weighted by Gasteiger charge is 2.69. The average molecular weight is 581 g/mol. The van der Waals surface area contributed by atoms with Crippen LogP contribution in [0.3, 0.4) is 0 Å². The summed E-state index contributed by atoms with van der Waals surface area (Å²) in [5, 5.41) is 25.9. The van der Waals surface area contributed by atoms with Crippen molar-refractivity contribution in [2.24, 2.45) is 17.3 Å². The van der Waals surface area contributed by atoms with Crippen molar-refractivity contribution < 1.29 is 33.6 Å². The first-order valence-corrected chi connectivity index (χ1v) is 16.7. The fourth-order valence-corrected chi connectivity index (χ4v) is 11.9. The topological polar surface area (TPSA) is 86.6 Å². The van der Waals surface area contributed by atoms with E-state index in [0.717, 1.165) is 0 Å². The van der Waals surface area contributed by atoms with Crippen LogP contribution in [0.15, 0.2) is 72.3 Å². The Hall–Kier alpha value is -1.88. The van der Waals surface area contributed by atoms with Gasteiger partial charge in [0.25, 0.3) is 14.3 Å². The number of hydrogen-bond donors (Lipinski definition) is 2. The van der Waals surface area contributed by atoms with E-state index in [1.54, 1.807) is 0 Å². The molecule has 0 radical (unpaired) electrons. The molecule has 0 spiro atoms. The zero-order valence-corrected chi connectivity index (χ0v) is 25.8. The number of aliphatic hydroxyl groups excluding tert-OH is 1. The van der Waals surface area contributed by atoms with E-state index in [1.807, 2.05) is 25.1 Å². The van der Waals surface area contributed by atoms with Gasteiger partial charge in [-0.25, -0.2) is 0 Å². The highest BCUT2D eigenvalue weighted by molar-refractivity contribution is 6.99. The van der Waals surface area contributed by atoms with Crippen molar-refractivity contribution in [3.63, 3.8) is 0 Å². The number of aliphatic hydroxyl groups is 2. The molecule has 0 aromatic heterocycles. The van der Waals surface area contributed by atoms with Crippen LogP contribution in [0, 0.1) is 17.3 Å². The summed E-state index contributed by atoms with van der Waals surface area (Å²) in [6.07, 6.45) is 0.798. The summed E-state index contributed by atoms with van der Waals surface area (Å²) in [7, 11) is -2.78. The van der Waals surface area contributed by atoms with Crippen molar-refractivity contribution in [1.82, 2.24) is 0 Å². The van der Waals surface area contributed by atoms with Crippen molar-refractivity contribution >= 4 is 18.7 Å². The molecule has 7 nitrogen and oxygen atoms in total. The van der Waals surface area contributed by atoms with Crippen molar-refractivity contribution in [3.8, 4) is 0 Å². The van der Waals surface area contributed by atoms with E-state index >= 15 is 0 Å². The molecule has 5 atom stereocenters. The summed E-state index contributed by atoms with van der Waals surface area (Å²) in [5.41, 5.74) is -1.04. The van der Waals surface area contributed by atoms with Crippen LogP contribution in [-0.4, -0.2) is 75.3 Å². The molecule has 4 aliphatic heterocycles. The Bertz CT molecular complexity index is 1200. The van der Waals surface area contributed by atoms with Gasteiger partial charge in [0.2, 0.25) is 0 Å². The molecule has 8 heteroatoms. The molecule has 222 valence electrons. The van der Waals surface area contributed by atoms with Crippen LogP contribution in [0.25, 0.3) is 0 Å². The van der Waals surface area contributed by atoms with Crippen LogP contribution in [0.5, 0.6) is 0 Å². The van der Waals surface area contributed by atoms with E-state index in [-0.39, 0.29) is 29.6 Å². The zero-order chi connectivity index (χ0) is 29.1. The van der Waals surface area contributed by atoms with Crippen LogP contribution >= 0.6 is 0 Å². The highest BCUT2D eigenvalue weighted by Crippen LogP contribution is 2.55. The first-order valence-electron chi connectivity index (χ1n) is 14.8. The van der Waals surface area contributed by atoms with Crippen LogP contribution in [0.4, 0.5) is 0 Å². The van der Waals surface area contributed by atoms with Gasteiger partial charge >= 0.3 is 0 Å². The van der Waals surface area contributed by atoms with Crippen molar-refractivity contribution in [3.05, 3.63) is 72.3 Å². The normalized spacial score (nSPS) is 38.3. The van der Waals surface area contributed by atoms with E-state index in [1.165, 1.54) is 10.4 Å². The Kier molecular flexibility index (Phi) is 7.39. The minimum Gasteiger partial charge on any atom is -0.404 e. The molecule has 2 N–H and O–H groups in total. The van der Waals surface area contributed by atoms with Gasteiger partial charge in [0.1, 0.15) is 11.7 Å². The third-order valence-corrected chi connectivity index (χ3v) is 14.7. The molecule has 4 heterocycles. The average Bonchev–Trinajstić information content (AvgIpc) is 3.31. The minimum absolute atomic E-state index is 0.126. The Balaban J connectivity index is 1.36. The Morgan fingerprint density at radius 1 is 0.951 bits per heavy atom. The lowest BCUT2D eigenvalue weighted by Crippen LogP contribution is -2.71. The van der Waals surface area contributed by atoms with E-state index in [9.17, 15) is 10.2 Å². The maximum atomic E-state index is 12.5. The lowest BCUT2D eigenvalue weighted by atomic mass is 9.64. The third kappa shape index (κ3) is 4.59. The van der Waals surface area contributed by atoms with Crippen molar-refractivity contribution in [1.29, 1.82) is 0 Å².